The van der Waals surface area contributed by atoms with Gasteiger partial charge in [0.15, 0.2) is 5.82 Å². The number of carbonyl (C=O) groups excluding carboxylic acids is 1. The van der Waals surface area contributed by atoms with Gasteiger partial charge >= 0.3 is 0 Å². The topological polar surface area (TPSA) is 68.0 Å². The second-order valence-electron chi connectivity index (χ2n) is 6.29. The molecule has 0 fully saturated rings. The maximum Gasteiger partial charge on any atom is 0.244 e. The fraction of sp³-hybridized carbons (Fsp3) is 0.211. The molecule has 1 aromatic carbocycles. The summed E-state index contributed by atoms with van der Waals surface area (Å²) in [6, 6.07) is 12.2. The van der Waals surface area contributed by atoms with Crippen LogP contribution in [0.1, 0.15) is 30.4 Å². The Bertz CT molecular complexity index is 942. The van der Waals surface area contributed by atoms with Crippen molar-refractivity contribution < 1.29 is 9.32 Å². The Kier molecular flexibility index (Phi) is 5.38. The Morgan fingerprint density at radius 3 is 2.62 bits per heavy atom. The van der Waals surface area contributed by atoms with Crippen LogP contribution in [0.2, 0.25) is 0 Å². The van der Waals surface area contributed by atoms with Crippen molar-refractivity contribution in [1.29, 1.82) is 0 Å². The number of thiophene rings is 1. The molecule has 5 nitrogen and oxygen atoms in total. The molecule has 0 unspecified atom stereocenters. The molecule has 0 saturated carbocycles. The molecule has 0 radical (unpaired) electrons. The van der Waals surface area contributed by atoms with E-state index in [1.807, 2.05) is 32.0 Å². The number of halogens is 1. The lowest BCUT2D eigenvalue weighted by Gasteiger charge is -2.21. The van der Waals surface area contributed by atoms with Gasteiger partial charge in [-0.3, -0.25) is 4.79 Å². The predicted octanol–water partition coefficient (Wildman–Crippen LogP) is 4.93. The van der Waals surface area contributed by atoms with Crippen LogP contribution in [0, 0.1) is 6.92 Å². The normalized spacial score (nSPS) is 11.8. The van der Waals surface area contributed by atoms with E-state index in [-0.39, 0.29) is 5.91 Å². The lowest BCUT2D eigenvalue weighted by molar-refractivity contribution is -0.118. The van der Waals surface area contributed by atoms with Gasteiger partial charge in [0.05, 0.1) is 5.54 Å². The van der Waals surface area contributed by atoms with Gasteiger partial charge in [-0.15, -0.1) is 11.3 Å². The second-order valence-corrected chi connectivity index (χ2v) is 8.32. The first kappa shape index (κ1) is 18.5. The van der Waals surface area contributed by atoms with Gasteiger partial charge in [0, 0.05) is 27.2 Å². The number of amides is 1. The minimum absolute atomic E-state index is 0.212. The van der Waals surface area contributed by atoms with Crippen LogP contribution in [0.5, 0.6) is 0 Å². The molecule has 0 atom stereocenters. The summed E-state index contributed by atoms with van der Waals surface area (Å²) < 4.78 is 6.03. The Morgan fingerprint density at radius 1 is 1.23 bits per heavy atom. The van der Waals surface area contributed by atoms with E-state index in [0.717, 1.165) is 19.8 Å². The molecule has 134 valence electrons. The van der Waals surface area contributed by atoms with E-state index in [0.29, 0.717) is 11.7 Å². The van der Waals surface area contributed by atoms with Gasteiger partial charge < -0.3 is 9.84 Å². The van der Waals surface area contributed by atoms with Crippen molar-refractivity contribution in [3.05, 3.63) is 63.5 Å². The zero-order valence-corrected chi connectivity index (χ0v) is 17.0. The van der Waals surface area contributed by atoms with Crippen LogP contribution in [0.3, 0.4) is 0 Å². The third-order valence-corrected chi connectivity index (χ3v) is 5.31. The molecule has 0 aliphatic heterocycles. The first-order valence-corrected chi connectivity index (χ1v) is 9.61. The molecule has 0 saturated heterocycles. The molecule has 0 aliphatic rings. The maximum atomic E-state index is 12.2. The first-order valence-electron chi connectivity index (χ1n) is 8.00. The number of rotatable bonds is 5. The number of carbonyl (C=O) groups is 1. The first-order chi connectivity index (χ1) is 12.3. The Balaban J connectivity index is 1.66. The van der Waals surface area contributed by atoms with E-state index >= 15 is 0 Å². The van der Waals surface area contributed by atoms with Crippen LogP contribution >= 0.6 is 27.3 Å². The van der Waals surface area contributed by atoms with Crippen LogP contribution in [0.25, 0.3) is 16.5 Å². The summed E-state index contributed by atoms with van der Waals surface area (Å²) in [5.74, 6) is 0.707. The van der Waals surface area contributed by atoms with Crippen LogP contribution < -0.4 is 5.32 Å². The van der Waals surface area contributed by atoms with Crippen molar-refractivity contribution in [2.75, 3.05) is 0 Å². The fourth-order valence-electron chi connectivity index (χ4n) is 2.33. The van der Waals surface area contributed by atoms with Gasteiger partial charge in [0.1, 0.15) is 0 Å². The monoisotopic (exact) mass is 431 g/mol. The molecule has 2 heterocycles. The molecule has 0 aliphatic carbocycles. The third kappa shape index (κ3) is 4.47. The Morgan fingerprint density at radius 2 is 1.96 bits per heavy atom. The van der Waals surface area contributed by atoms with Gasteiger partial charge in [-0.25, -0.2) is 0 Å². The van der Waals surface area contributed by atoms with Crippen molar-refractivity contribution in [1.82, 2.24) is 15.5 Å². The van der Waals surface area contributed by atoms with Crippen molar-refractivity contribution in [3.63, 3.8) is 0 Å². The molecule has 1 N–H and O–H groups in total. The highest BCUT2D eigenvalue weighted by molar-refractivity contribution is 9.10. The maximum absolute atomic E-state index is 12.2. The van der Waals surface area contributed by atoms with Crippen molar-refractivity contribution in [3.8, 4) is 10.4 Å². The summed E-state index contributed by atoms with van der Waals surface area (Å²) in [7, 11) is 0. The zero-order chi connectivity index (χ0) is 18.7. The average Bonchev–Trinajstić information content (AvgIpc) is 3.23. The number of benzene rings is 1. The number of hydrogen-bond donors (Lipinski definition) is 1. The molecular weight excluding hydrogens is 414 g/mol. The summed E-state index contributed by atoms with van der Waals surface area (Å²) in [6.45, 7) is 5.38. The molecule has 7 heteroatoms. The lowest BCUT2D eigenvalue weighted by Crippen LogP contribution is -2.41. The molecule has 3 aromatic rings. The number of nitrogens with one attached hydrogen (secondary N) is 1. The number of aromatic nitrogens is 2. The second kappa shape index (κ2) is 7.55. The highest BCUT2D eigenvalue weighted by Crippen LogP contribution is 2.29. The van der Waals surface area contributed by atoms with Crippen LogP contribution in [-0.2, 0) is 10.3 Å². The standard InChI is InChI=1S/C19H18BrN3O2S/c1-12-21-18(23-25-12)19(2,3)22-17(24)11-9-15-8-10-16(26-15)13-4-6-14(20)7-5-13/h4-11H,1-3H3,(H,22,24)/b11-9+. The van der Waals surface area contributed by atoms with Gasteiger partial charge in [-0.2, -0.15) is 4.98 Å². The zero-order valence-electron chi connectivity index (χ0n) is 14.6. The van der Waals surface area contributed by atoms with Crippen LogP contribution in [-0.4, -0.2) is 16.0 Å². The van der Waals surface area contributed by atoms with Crippen LogP contribution in [0.15, 0.2) is 51.5 Å². The SMILES string of the molecule is Cc1nc(C(C)(C)NC(=O)/C=C/c2ccc(-c3ccc(Br)cc3)s2)no1. The summed E-state index contributed by atoms with van der Waals surface area (Å²) in [5, 5.41) is 6.77. The number of hydrogen-bond acceptors (Lipinski definition) is 5. The van der Waals surface area contributed by atoms with Gasteiger partial charge in [0.25, 0.3) is 0 Å². The Hall–Kier alpha value is -2.25. The molecular formula is C19H18BrN3O2S. The summed E-state index contributed by atoms with van der Waals surface area (Å²) in [5.41, 5.74) is 0.438. The quantitative estimate of drug-likeness (QED) is 0.581. The van der Waals surface area contributed by atoms with E-state index in [4.69, 9.17) is 4.52 Å². The lowest BCUT2D eigenvalue weighted by atomic mass is 10.1. The van der Waals surface area contributed by atoms with Gasteiger partial charge in [-0.1, -0.05) is 33.2 Å². The van der Waals surface area contributed by atoms with E-state index in [2.05, 4.69) is 49.6 Å². The van der Waals surface area contributed by atoms with E-state index in [9.17, 15) is 4.79 Å². The van der Waals surface area contributed by atoms with Crippen molar-refractivity contribution in [2.45, 2.75) is 26.3 Å². The summed E-state index contributed by atoms with van der Waals surface area (Å²) in [4.78, 5) is 18.6. The Labute approximate surface area is 164 Å². The van der Waals surface area contributed by atoms with Crippen molar-refractivity contribution >= 4 is 39.2 Å². The minimum Gasteiger partial charge on any atom is -0.340 e. The summed E-state index contributed by atoms with van der Waals surface area (Å²) >= 11 is 5.07. The number of nitrogens with zero attached hydrogens (tertiary/aromatic N) is 2. The highest BCUT2D eigenvalue weighted by atomic mass is 79.9. The van der Waals surface area contributed by atoms with Crippen molar-refractivity contribution in [2.24, 2.45) is 0 Å². The number of aryl methyl sites for hydroxylation is 1. The molecule has 2 aromatic heterocycles. The van der Waals surface area contributed by atoms with E-state index in [1.165, 1.54) is 6.08 Å². The van der Waals surface area contributed by atoms with E-state index in [1.54, 1.807) is 24.3 Å². The summed E-state index contributed by atoms with van der Waals surface area (Å²) in [6.07, 6.45) is 3.33. The average molecular weight is 432 g/mol. The third-order valence-electron chi connectivity index (χ3n) is 3.68. The molecule has 0 bridgehead atoms. The largest absolute Gasteiger partial charge is 0.340 e. The highest BCUT2D eigenvalue weighted by Gasteiger charge is 2.27. The van der Waals surface area contributed by atoms with Crippen LogP contribution in [0.4, 0.5) is 0 Å². The minimum atomic E-state index is -0.711. The molecule has 0 spiro atoms. The van der Waals surface area contributed by atoms with Gasteiger partial charge in [-0.05, 0) is 49.8 Å². The smallest absolute Gasteiger partial charge is 0.244 e. The predicted molar refractivity (Wildman–Crippen MR) is 107 cm³/mol. The van der Waals surface area contributed by atoms with E-state index < -0.39 is 5.54 Å². The molecule has 26 heavy (non-hydrogen) atoms. The fourth-order valence-corrected chi connectivity index (χ4v) is 3.51. The molecule has 3 rings (SSSR count). The van der Waals surface area contributed by atoms with Gasteiger partial charge in [0.2, 0.25) is 11.8 Å². The molecule has 1 amide bonds.